The Labute approximate surface area is 135 Å². The van der Waals surface area contributed by atoms with Crippen LogP contribution in [-0.2, 0) is 20.0 Å². The molecule has 0 aromatic heterocycles. The lowest BCUT2D eigenvalue weighted by Crippen LogP contribution is -2.19. The molecule has 0 unspecified atom stereocenters. The second-order valence-corrected chi connectivity index (χ2v) is 8.05. The van der Waals surface area contributed by atoms with Gasteiger partial charge in [0, 0.05) is 0 Å². The molecule has 122 valence electrons. The first-order valence-corrected chi connectivity index (χ1v) is 9.61. The summed E-state index contributed by atoms with van der Waals surface area (Å²) < 4.78 is 49.4. The van der Waals surface area contributed by atoms with Crippen molar-refractivity contribution in [3.63, 3.8) is 0 Å². The van der Waals surface area contributed by atoms with Crippen molar-refractivity contribution in [1.82, 2.24) is 4.72 Å². The smallest absolute Gasteiger partial charge is 0.225 e. The molecule has 8 heteroatoms. The molecular weight excluding hydrogens is 336 g/mol. The van der Waals surface area contributed by atoms with E-state index in [4.69, 9.17) is 5.14 Å². The lowest BCUT2D eigenvalue weighted by Gasteiger charge is -2.07. The summed E-state index contributed by atoms with van der Waals surface area (Å²) in [4.78, 5) is 0.0806. The molecule has 0 aliphatic rings. The van der Waals surface area contributed by atoms with Crippen LogP contribution in [0.1, 0.15) is 11.1 Å². The van der Waals surface area contributed by atoms with Crippen molar-refractivity contribution in [2.24, 2.45) is 5.14 Å². The van der Waals surface area contributed by atoms with Crippen LogP contribution < -0.4 is 9.86 Å². The van der Waals surface area contributed by atoms with Gasteiger partial charge in [0.2, 0.25) is 20.0 Å². The zero-order valence-corrected chi connectivity index (χ0v) is 13.9. The predicted octanol–water partition coefficient (Wildman–Crippen LogP) is 1.41. The molecule has 0 amide bonds. The number of hydrogen-bond acceptors (Lipinski definition) is 4. The van der Waals surface area contributed by atoms with Crippen molar-refractivity contribution in [2.75, 3.05) is 7.05 Å². The lowest BCUT2D eigenvalue weighted by atomic mass is 10.1. The summed E-state index contributed by atoms with van der Waals surface area (Å²) in [6, 6.07) is 12.6. The number of nitrogens with two attached hydrogens (primary N) is 1. The summed E-state index contributed by atoms with van der Waals surface area (Å²) in [5, 5.41) is 5.18. The normalized spacial score (nSPS) is 12.6. The minimum absolute atomic E-state index is 0.0230. The third-order valence-corrected chi connectivity index (χ3v) is 5.62. The first-order chi connectivity index (χ1) is 10.8. The average Bonchev–Trinajstić information content (AvgIpc) is 2.52. The molecule has 0 saturated carbocycles. The summed E-state index contributed by atoms with van der Waals surface area (Å²) in [5.74, 6) is 0. The van der Waals surface area contributed by atoms with Gasteiger partial charge in [-0.25, -0.2) is 26.7 Å². The van der Waals surface area contributed by atoms with E-state index in [2.05, 4.69) is 4.72 Å². The van der Waals surface area contributed by atoms with Crippen molar-refractivity contribution in [3.8, 4) is 0 Å². The highest BCUT2D eigenvalue weighted by atomic mass is 32.2. The van der Waals surface area contributed by atoms with Gasteiger partial charge in [-0.2, -0.15) is 0 Å². The van der Waals surface area contributed by atoms with E-state index < -0.39 is 20.0 Å². The molecule has 0 bridgehead atoms. The standard InChI is InChI=1S/C15H16N2O4S2/c1-17-23(20,21)15-9-5-3-7-13(15)11-10-12-6-2-4-8-14(12)22(16,18)19/h2-11,17H,1H3,(H2,16,18,19). The van der Waals surface area contributed by atoms with Gasteiger partial charge in [0.25, 0.3) is 0 Å². The summed E-state index contributed by atoms with van der Waals surface area (Å²) in [5.41, 5.74) is 0.817. The van der Waals surface area contributed by atoms with Crippen LogP contribution in [0.5, 0.6) is 0 Å². The Morgan fingerprint density at radius 1 is 0.826 bits per heavy atom. The Balaban J connectivity index is 2.52. The molecule has 23 heavy (non-hydrogen) atoms. The molecule has 0 saturated heterocycles. The van der Waals surface area contributed by atoms with Gasteiger partial charge < -0.3 is 0 Å². The first kappa shape index (κ1) is 17.4. The van der Waals surface area contributed by atoms with Gasteiger partial charge in [-0.3, -0.25) is 0 Å². The Hall–Kier alpha value is -2.00. The maximum Gasteiger partial charge on any atom is 0.240 e. The molecule has 0 aliphatic heterocycles. The monoisotopic (exact) mass is 352 g/mol. The molecule has 0 spiro atoms. The van der Waals surface area contributed by atoms with Gasteiger partial charge in [-0.15, -0.1) is 0 Å². The summed E-state index contributed by atoms with van der Waals surface area (Å²) in [6.07, 6.45) is 3.05. The molecular formula is C15H16N2O4S2. The van der Waals surface area contributed by atoms with E-state index in [-0.39, 0.29) is 9.79 Å². The number of primary sulfonamides is 1. The van der Waals surface area contributed by atoms with Crippen LogP contribution in [0.2, 0.25) is 0 Å². The number of benzene rings is 2. The van der Waals surface area contributed by atoms with Gasteiger partial charge in [0.05, 0.1) is 9.79 Å². The molecule has 2 rings (SSSR count). The number of sulfonamides is 2. The van der Waals surface area contributed by atoms with Crippen molar-refractivity contribution in [1.29, 1.82) is 0 Å². The van der Waals surface area contributed by atoms with Crippen LogP contribution in [0.15, 0.2) is 58.3 Å². The fourth-order valence-corrected chi connectivity index (χ4v) is 3.69. The Kier molecular flexibility index (Phi) is 5.00. The van der Waals surface area contributed by atoms with Crippen LogP contribution in [-0.4, -0.2) is 23.9 Å². The molecule has 0 radical (unpaired) electrons. The Bertz CT molecular complexity index is 949. The third-order valence-electron chi connectivity index (χ3n) is 3.15. The quantitative estimate of drug-likeness (QED) is 0.794. The van der Waals surface area contributed by atoms with E-state index in [1.165, 1.54) is 31.3 Å². The number of rotatable bonds is 5. The van der Waals surface area contributed by atoms with Crippen molar-refractivity contribution in [2.45, 2.75) is 9.79 Å². The number of nitrogens with one attached hydrogen (secondary N) is 1. The largest absolute Gasteiger partial charge is 0.240 e. The molecule has 0 atom stereocenters. The molecule has 3 N–H and O–H groups in total. The average molecular weight is 352 g/mol. The van der Waals surface area contributed by atoms with E-state index in [9.17, 15) is 16.8 Å². The zero-order chi connectivity index (χ0) is 17.1. The van der Waals surface area contributed by atoms with E-state index in [0.717, 1.165) is 0 Å². The van der Waals surface area contributed by atoms with Crippen LogP contribution in [0.25, 0.3) is 12.2 Å². The second-order valence-electron chi connectivity index (χ2n) is 4.66. The lowest BCUT2D eigenvalue weighted by molar-refractivity contribution is 0.587. The van der Waals surface area contributed by atoms with Gasteiger partial charge in [0.1, 0.15) is 0 Å². The maximum absolute atomic E-state index is 12.0. The van der Waals surface area contributed by atoms with Gasteiger partial charge in [0.15, 0.2) is 0 Å². The van der Waals surface area contributed by atoms with Gasteiger partial charge in [-0.05, 0) is 30.3 Å². The van der Waals surface area contributed by atoms with Crippen LogP contribution in [0, 0.1) is 0 Å². The Morgan fingerprint density at radius 3 is 1.74 bits per heavy atom. The summed E-state index contributed by atoms with van der Waals surface area (Å²) >= 11 is 0. The maximum atomic E-state index is 12.0. The molecule has 6 nitrogen and oxygen atoms in total. The fraction of sp³-hybridized carbons (Fsp3) is 0.0667. The summed E-state index contributed by atoms with van der Waals surface area (Å²) in [6.45, 7) is 0. The topological polar surface area (TPSA) is 106 Å². The minimum atomic E-state index is -3.86. The van der Waals surface area contributed by atoms with Crippen molar-refractivity contribution in [3.05, 3.63) is 59.7 Å². The highest BCUT2D eigenvalue weighted by molar-refractivity contribution is 7.89. The van der Waals surface area contributed by atoms with E-state index in [1.807, 2.05) is 0 Å². The van der Waals surface area contributed by atoms with Crippen LogP contribution in [0.4, 0.5) is 0 Å². The second kappa shape index (κ2) is 6.63. The van der Waals surface area contributed by atoms with Gasteiger partial charge >= 0.3 is 0 Å². The molecule has 0 aliphatic carbocycles. The zero-order valence-electron chi connectivity index (χ0n) is 12.3. The van der Waals surface area contributed by atoms with Crippen LogP contribution in [0.3, 0.4) is 0 Å². The highest BCUT2D eigenvalue weighted by Gasteiger charge is 2.15. The fourth-order valence-electron chi connectivity index (χ4n) is 2.03. The Morgan fingerprint density at radius 2 is 1.26 bits per heavy atom. The van der Waals surface area contributed by atoms with Crippen molar-refractivity contribution >= 4 is 32.2 Å². The molecule has 2 aromatic carbocycles. The first-order valence-electron chi connectivity index (χ1n) is 6.58. The predicted molar refractivity (Wildman–Crippen MR) is 89.4 cm³/mol. The van der Waals surface area contributed by atoms with Crippen molar-refractivity contribution < 1.29 is 16.8 Å². The SMILES string of the molecule is CNS(=O)(=O)c1ccccc1C=Cc1ccccc1S(N)(=O)=O. The molecule has 0 fully saturated rings. The molecule has 2 aromatic rings. The third kappa shape index (κ3) is 4.05. The van der Waals surface area contributed by atoms with Crippen LogP contribution >= 0.6 is 0 Å². The van der Waals surface area contributed by atoms with E-state index in [0.29, 0.717) is 11.1 Å². The summed E-state index contributed by atoms with van der Waals surface area (Å²) in [7, 11) is -6.15. The number of hydrogen-bond donors (Lipinski definition) is 2. The highest BCUT2D eigenvalue weighted by Crippen LogP contribution is 2.20. The van der Waals surface area contributed by atoms with E-state index >= 15 is 0 Å². The van der Waals surface area contributed by atoms with Gasteiger partial charge in [-0.1, -0.05) is 48.6 Å². The minimum Gasteiger partial charge on any atom is -0.225 e. The molecule has 0 heterocycles. The van der Waals surface area contributed by atoms with E-state index in [1.54, 1.807) is 36.4 Å².